The summed E-state index contributed by atoms with van der Waals surface area (Å²) in [4.78, 5) is 0. The topological polar surface area (TPSA) is 37.8 Å². The van der Waals surface area contributed by atoms with Crippen molar-refractivity contribution in [2.75, 3.05) is 23.9 Å². The van der Waals surface area contributed by atoms with Crippen molar-refractivity contribution in [3.63, 3.8) is 0 Å². The smallest absolute Gasteiger partial charge is 0.148 e. The number of thioether (sulfide) groups is 1. The SMILES string of the molecule is CSCCCCCCNc1cc(C)cnn1. The lowest BCUT2D eigenvalue weighted by Gasteiger charge is -2.04. The van der Waals surface area contributed by atoms with Crippen molar-refractivity contribution in [2.24, 2.45) is 0 Å². The minimum Gasteiger partial charge on any atom is -0.369 e. The van der Waals surface area contributed by atoms with E-state index in [1.165, 1.54) is 31.4 Å². The Morgan fingerprint density at radius 3 is 2.81 bits per heavy atom. The number of unbranched alkanes of at least 4 members (excludes halogenated alkanes) is 3. The molecule has 1 N–H and O–H groups in total. The summed E-state index contributed by atoms with van der Waals surface area (Å²) < 4.78 is 0. The van der Waals surface area contributed by atoms with Gasteiger partial charge >= 0.3 is 0 Å². The molecule has 3 nitrogen and oxygen atoms in total. The molecule has 0 unspecified atom stereocenters. The number of hydrogen-bond acceptors (Lipinski definition) is 4. The van der Waals surface area contributed by atoms with Gasteiger partial charge in [-0.25, -0.2) is 0 Å². The first-order chi connectivity index (χ1) is 7.83. The molecule has 0 aliphatic heterocycles. The van der Waals surface area contributed by atoms with Crippen LogP contribution in [0.5, 0.6) is 0 Å². The van der Waals surface area contributed by atoms with Crippen LogP contribution >= 0.6 is 11.8 Å². The maximum Gasteiger partial charge on any atom is 0.148 e. The molecule has 0 radical (unpaired) electrons. The zero-order valence-electron chi connectivity index (χ0n) is 10.2. The van der Waals surface area contributed by atoms with Gasteiger partial charge in [0.25, 0.3) is 0 Å². The molecule has 0 aromatic carbocycles. The Bertz CT molecular complexity index is 291. The van der Waals surface area contributed by atoms with Crippen molar-refractivity contribution in [1.82, 2.24) is 10.2 Å². The van der Waals surface area contributed by atoms with Crippen LogP contribution in [0, 0.1) is 6.92 Å². The van der Waals surface area contributed by atoms with Crippen LogP contribution in [0.1, 0.15) is 31.2 Å². The van der Waals surface area contributed by atoms with Gasteiger partial charge in [0.15, 0.2) is 0 Å². The van der Waals surface area contributed by atoms with E-state index in [4.69, 9.17) is 0 Å². The Hall–Kier alpha value is -0.770. The van der Waals surface area contributed by atoms with Crippen molar-refractivity contribution in [2.45, 2.75) is 32.6 Å². The van der Waals surface area contributed by atoms with Gasteiger partial charge in [-0.15, -0.1) is 5.10 Å². The average Bonchev–Trinajstić information content (AvgIpc) is 2.28. The second-order valence-electron chi connectivity index (χ2n) is 3.95. The van der Waals surface area contributed by atoms with E-state index in [0.717, 1.165) is 17.9 Å². The molecular formula is C12H21N3S. The molecule has 1 heterocycles. The summed E-state index contributed by atoms with van der Waals surface area (Å²) in [6, 6.07) is 2.03. The first-order valence-corrected chi connectivity index (χ1v) is 7.24. The molecule has 0 aliphatic rings. The fraction of sp³-hybridized carbons (Fsp3) is 0.667. The number of anilines is 1. The highest BCUT2D eigenvalue weighted by atomic mass is 32.2. The predicted molar refractivity (Wildman–Crippen MR) is 72.1 cm³/mol. The molecule has 1 aromatic heterocycles. The van der Waals surface area contributed by atoms with Crippen molar-refractivity contribution in [3.05, 3.63) is 17.8 Å². The quantitative estimate of drug-likeness (QED) is 0.707. The van der Waals surface area contributed by atoms with Crippen LogP contribution in [0.25, 0.3) is 0 Å². The molecular weight excluding hydrogens is 218 g/mol. The van der Waals surface area contributed by atoms with E-state index in [2.05, 4.69) is 21.8 Å². The van der Waals surface area contributed by atoms with Gasteiger partial charge in [0.1, 0.15) is 5.82 Å². The minimum atomic E-state index is 0.893. The Morgan fingerprint density at radius 2 is 2.06 bits per heavy atom. The number of rotatable bonds is 8. The second-order valence-corrected chi connectivity index (χ2v) is 4.94. The molecule has 4 heteroatoms. The molecule has 0 bridgehead atoms. The maximum atomic E-state index is 4.02. The first kappa shape index (κ1) is 13.3. The molecule has 16 heavy (non-hydrogen) atoms. The van der Waals surface area contributed by atoms with E-state index in [1.54, 1.807) is 6.20 Å². The van der Waals surface area contributed by atoms with Gasteiger partial charge < -0.3 is 5.32 Å². The molecule has 0 aliphatic carbocycles. The Labute approximate surface area is 102 Å². The first-order valence-electron chi connectivity index (χ1n) is 5.85. The van der Waals surface area contributed by atoms with Gasteiger partial charge in [-0.05, 0) is 43.4 Å². The summed E-state index contributed by atoms with van der Waals surface area (Å²) in [7, 11) is 0. The molecule has 90 valence electrons. The zero-order valence-corrected chi connectivity index (χ0v) is 11.0. The summed E-state index contributed by atoms with van der Waals surface area (Å²) >= 11 is 1.93. The number of hydrogen-bond donors (Lipinski definition) is 1. The van der Waals surface area contributed by atoms with Crippen molar-refractivity contribution >= 4 is 17.6 Å². The monoisotopic (exact) mass is 239 g/mol. The van der Waals surface area contributed by atoms with Gasteiger partial charge in [0.05, 0.1) is 6.20 Å². The maximum absolute atomic E-state index is 4.02. The lowest BCUT2D eigenvalue weighted by atomic mass is 10.2. The van der Waals surface area contributed by atoms with E-state index in [9.17, 15) is 0 Å². The fourth-order valence-electron chi connectivity index (χ4n) is 1.49. The van der Waals surface area contributed by atoms with Crippen LogP contribution in [0.2, 0.25) is 0 Å². The number of aryl methyl sites for hydroxylation is 1. The molecule has 1 aromatic rings. The van der Waals surface area contributed by atoms with Gasteiger partial charge in [0, 0.05) is 6.54 Å². The zero-order chi connectivity index (χ0) is 11.6. The van der Waals surface area contributed by atoms with E-state index in [-0.39, 0.29) is 0 Å². The minimum absolute atomic E-state index is 0.893. The Morgan fingerprint density at radius 1 is 1.25 bits per heavy atom. The molecule has 0 fully saturated rings. The third-order valence-electron chi connectivity index (χ3n) is 2.37. The summed E-state index contributed by atoms with van der Waals surface area (Å²) in [6.45, 7) is 3.03. The van der Waals surface area contributed by atoms with Crippen LogP contribution < -0.4 is 5.32 Å². The van der Waals surface area contributed by atoms with Crippen molar-refractivity contribution in [3.8, 4) is 0 Å². The lowest BCUT2D eigenvalue weighted by molar-refractivity contribution is 0.687. The van der Waals surface area contributed by atoms with Crippen LogP contribution in [-0.4, -0.2) is 28.8 Å². The molecule has 0 atom stereocenters. The lowest BCUT2D eigenvalue weighted by Crippen LogP contribution is -2.04. The average molecular weight is 239 g/mol. The summed E-state index contributed by atoms with van der Waals surface area (Å²) in [6.07, 6.45) is 9.12. The third kappa shape index (κ3) is 5.95. The number of nitrogens with one attached hydrogen (secondary N) is 1. The van der Waals surface area contributed by atoms with Gasteiger partial charge in [-0.2, -0.15) is 16.9 Å². The van der Waals surface area contributed by atoms with Crippen LogP contribution in [-0.2, 0) is 0 Å². The number of nitrogens with zero attached hydrogens (tertiary/aromatic N) is 2. The van der Waals surface area contributed by atoms with Crippen molar-refractivity contribution < 1.29 is 0 Å². The molecule has 0 spiro atoms. The largest absolute Gasteiger partial charge is 0.369 e. The fourth-order valence-corrected chi connectivity index (χ4v) is 1.98. The van der Waals surface area contributed by atoms with Crippen molar-refractivity contribution in [1.29, 1.82) is 0 Å². The molecule has 0 saturated carbocycles. The standard InChI is InChI=1S/C12H21N3S/c1-11-9-12(15-14-10-11)13-7-5-3-4-6-8-16-2/h9-10H,3-8H2,1-2H3,(H,13,15). The predicted octanol–water partition coefficient (Wildman–Crippen LogP) is 3.12. The summed E-state index contributed by atoms with van der Waals surface area (Å²) in [5.74, 6) is 2.18. The van der Waals surface area contributed by atoms with E-state index < -0.39 is 0 Å². The second kappa shape index (κ2) is 8.39. The highest BCUT2D eigenvalue weighted by Crippen LogP contribution is 2.06. The van der Waals surface area contributed by atoms with E-state index in [1.807, 2.05) is 24.8 Å². The highest BCUT2D eigenvalue weighted by Gasteiger charge is 1.94. The van der Waals surface area contributed by atoms with Crippen LogP contribution in [0.15, 0.2) is 12.3 Å². The van der Waals surface area contributed by atoms with Gasteiger partial charge in [-0.1, -0.05) is 12.8 Å². The van der Waals surface area contributed by atoms with Crippen LogP contribution in [0.3, 0.4) is 0 Å². The third-order valence-corrected chi connectivity index (χ3v) is 3.07. The Kier molecular flexibility index (Phi) is 6.97. The van der Waals surface area contributed by atoms with Gasteiger partial charge in [-0.3, -0.25) is 0 Å². The van der Waals surface area contributed by atoms with Crippen LogP contribution in [0.4, 0.5) is 5.82 Å². The summed E-state index contributed by atoms with van der Waals surface area (Å²) in [5, 5.41) is 11.2. The molecule has 0 amide bonds. The Balaban J connectivity index is 2.03. The normalized spacial score (nSPS) is 10.4. The number of aromatic nitrogens is 2. The van der Waals surface area contributed by atoms with E-state index >= 15 is 0 Å². The highest BCUT2D eigenvalue weighted by molar-refractivity contribution is 7.98. The molecule has 0 saturated heterocycles. The summed E-state index contributed by atoms with van der Waals surface area (Å²) in [5.41, 5.74) is 1.15. The van der Waals surface area contributed by atoms with E-state index in [0.29, 0.717) is 0 Å². The van der Waals surface area contributed by atoms with Gasteiger partial charge in [0.2, 0.25) is 0 Å². The molecule has 1 rings (SSSR count).